The van der Waals surface area contributed by atoms with E-state index in [0.29, 0.717) is 5.69 Å². The monoisotopic (exact) mass is 284 g/mol. The van der Waals surface area contributed by atoms with E-state index in [4.69, 9.17) is 4.52 Å². The third kappa shape index (κ3) is 2.98. The number of halogens is 3. The molecule has 0 spiro atoms. The Morgan fingerprint density at radius 2 is 1.95 bits per heavy atom. The van der Waals surface area contributed by atoms with E-state index in [9.17, 15) is 18.0 Å². The molecular weight excluding hydrogens is 273 g/mol. The summed E-state index contributed by atoms with van der Waals surface area (Å²) in [5.74, 6) is -0.709. The molecule has 0 aliphatic rings. The van der Waals surface area contributed by atoms with Crippen LogP contribution in [0.5, 0.6) is 0 Å². The molecule has 0 saturated carbocycles. The van der Waals surface area contributed by atoms with E-state index in [0.717, 1.165) is 6.07 Å². The van der Waals surface area contributed by atoms with Gasteiger partial charge in [-0.15, -0.1) is 0 Å². The number of nitrogens with zero attached hydrogens (tertiary/aromatic N) is 1. The molecule has 0 radical (unpaired) electrons. The van der Waals surface area contributed by atoms with E-state index in [-0.39, 0.29) is 17.0 Å². The normalized spacial score (nSPS) is 11.4. The van der Waals surface area contributed by atoms with Crippen molar-refractivity contribution < 1.29 is 22.5 Å². The standard InChI is InChI=1S/C13H11F3N2O2/c1-7-3-4-9(6-10(7)13(14,15)16)17-12(19)11-5-8(2)18-20-11/h3-6H,1-2H3,(H,17,19). The molecule has 2 aromatic rings. The van der Waals surface area contributed by atoms with Crippen molar-refractivity contribution in [2.75, 3.05) is 5.32 Å². The van der Waals surface area contributed by atoms with Gasteiger partial charge in [0.05, 0.1) is 11.3 Å². The maximum Gasteiger partial charge on any atom is 0.416 e. The Balaban J connectivity index is 2.24. The minimum absolute atomic E-state index is 0.0435. The van der Waals surface area contributed by atoms with Crippen molar-refractivity contribution in [2.45, 2.75) is 20.0 Å². The first-order chi connectivity index (χ1) is 9.27. The van der Waals surface area contributed by atoms with Gasteiger partial charge >= 0.3 is 6.18 Å². The van der Waals surface area contributed by atoms with Crippen LogP contribution < -0.4 is 5.32 Å². The zero-order valence-corrected chi connectivity index (χ0v) is 10.7. The van der Waals surface area contributed by atoms with Crippen LogP contribution in [-0.2, 0) is 6.18 Å². The molecule has 4 nitrogen and oxygen atoms in total. The second-order valence-corrected chi connectivity index (χ2v) is 4.31. The highest BCUT2D eigenvalue weighted by molar-refractivity contribution is 6.02. The van der Waals surface area contributed by atoms with Gasteiger partial charge < -0.3 is 9.84 Å². The van der Waals surface area contributed by atoms with Gasteiger partial charge in [0.1, 0.15) is 0 Å². The summed E-state index contributed by atoms with van der Waals surface area (Å²) in [5, 5.41) is 5.87. The van der Waals surface area contributed by atoms with E-state index < -0.39 is 17.6 Å². The molecule has 0 fully saturated rings. The molecule has 1 aromatic carbocycles. The third-order valence-corrected chi connectivity index (χ3v) is 2.65. The Morgan fingerprint density at radius 1 is 1.25 bits per heavy atom. The zero-order chi connectivity index (χ0) is 14.9. The molecule has 0 unspecified atom stereocenters. The third-order valence-electron chi connectivity index (χ3n) is 2.65. The molecule has 106 valence electrons. The average Bonchev–Trinajstić information content (AvgIpc) is 2.77. The van der Waals surface area contributed by atoms with Crippen molar-refractivity contribution in [1.29, 1.82) is 0 Å². The summed E-state index contributed by atoms with van der Waals surface area (Å²) in [4.78, 5) is 11.7. The first-order valence-corrected chi connectivity index (χ1v) is 5.70. The summed E-state index contributed by atoms with van der Waals surface area (Å²) in [6.45, 7) is 2.99. The van der Waals surface area contributed by atoms with E-state index in [1.807, 2.05) is 0 Å². The van der Waals surface area contributed by atoms with Crippen LogP contribution in [0.4, 0.5) is 18.9 Å². The highest BCUT2D eigenvalue weighted by Crippen LogP contribution is 2.33. The predicted molar refractivity (Wildman–Crippen MR) is 65.4 cm³/mol. The number of carbonyl (C=O) groups is 1. The lowest BCUT2D eigenvalue weighted by molar-refractivity contribution is -0.138. The van der Waals surface area contributed by atoms with Crippen molar-refractivity contribution in [1.82, 2.24) is 5.16 Å². The highest BCUT2D eigenvalue weighted by atomic mass is 19.4. The number of alkyl halides is 3. The Kier molecular flexibility index (Phi) is 3.52. The molecule has 0 aliphatic heterocycles. The van der Waals surface area contributed by atoms with Crippen LogP contribution in [0, 0.1) is 13.8 Å². The van der Waals surface area contributed by atoms with Crippen LogP contribution in [0.2, 0.25) is 0 Å². The van der Waals surface area contributed by atoms with Crippen molar-refractivity contribution >= 4 is 11.6 Å². The minimum Gasteiger partial charge on any atom is -0.351 e. The first kappa shape index (κ1) is 14.1. The Hall–Kier alpha value is -2.31. The summed E-state index contributed by atoms with van der Waals surface area (Å²) >= 11 is 0. The van der Waals surface area contributed by atoms with Gasteiger partial charge in [-0.2, -0.15) is 13.2 Å². The quantitative estimate of drug-likeness (QED) is 0.917. The molecule has 1 amide bonds. The summed E-state index contributed by atoms with van der Waals surface area (Å²) in [6.07, 6.45) is -4.46. The number of aryl methyl sites for hydroxylation is 2. The van der Waals surface area contributed by atoms with Crippen LogP contribution in [0.3, 0.4) is 0 Å². The zero-order valence-electron chi connectivity index (χ0n) is 10.7. The topological polar surface area (TPSA) is 55.1 Å². The smallest absolute Gasteiger partial charge is 0.351 e. The number of nitrogens with one attached hydrogen (secondary N) is 1. The molecule has 0 aliphatic carbocycles. The van der Waals surface area contributed by atoms with Crippen molar-refractivity contribution in [3.63, 3.8) is 0 Å². The minimum atomic E-state index is -4.46. The molecule has 7 heteroatoms. The number of anilines is 1. The fraction of sp³-hybridized carbons (Fsp3) is 0.231. The number of hydrogen-bond acceptors (Lipinski definition) is 3. The molecular formula is C13H11F3N2O2. The first-order valence-electron chi connectivity index (χ1n) is 5.70. The van der Waals surface area contributed by atoms with E-state index in [1.54, 1.807) is 6.92 Å². The summed E-state index contributed by atoms with van der Waals surface area (Å²) in [7, 11) is 0. The summed E-state index contributed by atoms with van der Waals surface area (Å²) < 4.78 is 43.0. The molecule has 0 atom stereocenters. The van der Waals surface area contributed by atoms with Crippen LogP contribution in [0.15, 0.2) is 28.8 Å². The largest absolute Gasteiger partial charge is 0.416 e. The molecule has 1 aromatic heterocycles. The van der Waals surface area contributed by atoms with Crippen molar-refractivity contribution in [3.05, 3.63) is 46.8 Å². The van der Waals surface area contributed by atoms with Gasteiger partial charge in [0.2, 0.25) is 5.76 Å². The maximum atomic E-state index is 12.8. The Morgan fingerprint density at radius 3 is 2.50 bits per heavy atom. The Labute approximate surface area is 112 Å². The lowest BCUT2D eigenvalue weighted by atomic mass is 10.1. The van der Waals surface area contributed by atoms with Crippen molar-refractivity contribution in [3.8, 4) is 0 Å². The molecule has 2 rings (SSSR count). The van der Waals surface area contributed by atoms with Crippen LogP contribution in [0.25, 0.3) is 0 Å². The molecule has 0 bridgehead atoms. The summed E-state index contributed by atoms with van der Waals surface area (Å²) in [5.41, 5.74) is -0.146. The van der Waals surface area contributed by atoms with Crippen molar-refractivity contribution in [2.24, 2.45) is 0 Å². The number of carbonyl (C=O) groups excluding carboxylic acids is 1. The number of benzene rings is 1. The van der Waals surface area contributed by atoms with E-state index in [2.05, 4.69) is 10.5 Å². The van der Waals surface area contributed by atoms with Gasteiger partial charge in [-0.25, -0.2) is 0 Å². The molecule has 1 N–H and O–H groups in total. The SMILES string of the molecule is Cc1cc(C(=O)Nc2ccc(C)c(C(F)(F)F)c2)on1. The predicted octanol–water partition coefficient (Wildman–Crippen LogP) is 3.56. The lowest BCUT2D eigenvalue weighted by Gasteiger charge is -2.12. The van der Waals surface area contributed by atoms with Gasteiger partial charge in [-0.1, -0.05) is 11.2 Å². The fourth-order valence-corrected chi connectivity index (χ4v) is 1.67. The second-order valence-electron chi connectivity index (χ2n) is 4.31. The van der Waals surface area contributed by atoms with Gasteiger partial charge in [0.25, 0.3) is 5.91 Å². The van der Waals surface area contributed by atoms with Crippen LogP contribution >= 0.6 is 0 Å². The van der Waals surface area contributed by atoms with Crippen LogP contribution in [-0.4, -0.2) is 11.1 Å². The molecule has 1 heterocycles. The highest BCUT2D eigenvalue weighted by Gasteiger charge is 2.32. The molecule has 20 heavy (non-hydrogen) atoms. The maximum absolute atomic E-state index is 12.8. The number of aromatic nitrogens is 1. The van der Waals surface area contributed by atoms with Crippen LogP contribution in [0.1, 0.15) is 27.4 Å². The fourth-order valence-electron chi connectivity index (χ4n) is 1.67. The van der Waals surface area contributed by atoms with Gasteiger partial charge in [-0.05, 0) is 31.5 Å². The van der Waals surface area contributed by atoms with Gasteiger partial charge in [0.15, 0.2) is 0 Å². The number of rotatable bonds is 2. The summed E-state index contributed by atoms with van der Waals surface area (Å²) in [6, 6.07) is 4.97. The lowest BCUT2D eigenvalue weighted by Crippen LogP contribution is -2.13. The number of amides is 1. The van der Waals surface area contributed by atoms with Gasteiger partial charge in [-0.3, -0.25) is 4.79 Å². The van der Waals surface area contributed by atoms with E-state index in [1.165, 1.54) is 25.1 Å². The second kappa shape index (κ2) is 4.99. The number of hydrogen-bond donors (Lipinski definition) is 1. The molecule has 0 saturated heterocycles. The average molecular weight is 284 g/mol. The van der Waals surface area contributed by atoms with Gasteiger partial charge in [0, 0.05) is 11.8 Å². The Bertz CT molecular complexity index is 647. The van der Waals surface area contributed by atoms with E-state index >= 15 is 0 Å².